The Morgan fingerprint density at radius 3 is 2.66 bits per heavy atom. The van der Waals surface area contributed by atoms with Crippen molar-refractivity contribution in [1.82, 2.24) is 30.3 Å². The lowest BCUT2D eigenvalue weighted by Gasteiger charge is -2.09. The van der Waals surface area contributed by atoms with Crippen LogP contribution in [0, 0.1) is 13.8 Å². The Morgan fingerprint density at radius 1 is 1.07 bits per heavy atom. The highest BCUT2D eigenvalue weighted by Crippen LogP contribution is 2.29. The summed E-state index contributed by atoms with van der Waals surface area (Å²) in [6.45, 7) is 6.59. The van der Waals surface area contributed by atoms with E-state index in [1.807, 2.05) is 63.2 Å². The van der Waals surface area contributed by atoms with Gasteiger partial charge in [0.2, 0.25) is 16.9 Å². The number of aromatic nitrogens is 6. The van der Waals surface area contributed by atoms with Crippen molar-refractivity contribution in [2.75, 3.05) is 6.61 Å². The van der Waals surface area contributed by atoms with Crippen LogP contribution in [0.4, 0.5) is 0 Å². The summed E-state index contributed by atoms with van der Waals surface area (Å²) in [5.74, 6) is 2.18. The average Bonchev–Trinajstić information content (AvgIpc) is 3.37. The third-order valence-electron chi connectivity index (χ3n) is 4.31. The fraction of sp³-hybridized carbons (Fsp3) is 0.250. The van der Waals surface area contributed by atoms with E-state index < -0.39 is 0 Å². The molecular formula is C20H20N6O2S. The van der Waals surface area contributed by atoms with Gasteiger partial charge in [-0.05, 0) is 54.5 Å². The van der Waals surface area contributed by atoms with E-state index in [0.29, 0.717) is 29.2 Å². The van der Waals surface area contributed by atoms with E-state index in [2.05, 4.69) is 25.7 Å². The molecule has 0 bridgehead atoms. The van der Waals surface area contributed by atoms with Crippen LogP contribution in [-0.4, -0.2) is 37.0 Å². The van der Waals surface area contributed by atoms with Crippen molar-refractivity contribution in [2.24, 2.45) is 0 Å². The Bertz CT molecular complexity index is 1100. The lowest BCUT2D eigenvalue weighted by atomic mass is 10.1. The third-order valence-corrected chi connectivity index (χ3v) is 5.22. The molecule has 0 saturated heterocycles. The van der Waals surface area contributed by atoms with Crippen LogP contribution in [-0.2, 0) is 5.75 Å². The number of hydrogen-bond donors (Lipinski definition) is 0. The number of aryl methyl sites for hydroxylation is 2. The van der Waals surface area contributed by atoms with E-state index >= 15 is 0 Å². The minimum Gasteiger partial charge on any atom is -0.493 e. The van der Waals surface area contributed by atoms with Gasteiger partial charge in [-0.2, -0.15) is 9.67 Å². The predicted molar refractivity (Wildman–Crippen MR) is 109 cm³/mol. The first-order chi connectivity index (χ1) is 14.2. The summed E-state index contributed by atoms with van der Waals surface area (Å²) < 4.78 is 12.8. The van der Waals surface area contributed by atoms with Gasteiger partial charge in [-0.15, -0.1) is 5.10 Å². The standard InChI is InChI=1S/C20H20N6O2S/c1-4-27-16-11-6-5-10-15(16)19-21-17(28-23-19)12-29-20-22-24-25-26(20)18-13(2)8-7-9-14(18)3/h5-11H,4,12H2,1-3H3. The van der Waals surface area contributed by atoms with Crippen molar-refractivity contribution in [3.05, 3.63) is 59.5 Å². The summed E-state index contributed by atoms with van der Waals surface area (Å²) in [5, 5.41) is 16.9. The van der Waals surface area contributed by atoms with Crippen molar-refractivity contribution in [1.29, 1.82) is 0 Å². The number of rotatable bonds is 7. The van der Waals surface area contributed by atoms with Crippen LogP contribution >= 0.6 is 11.8 Å². The summed E-state index contributed by atoms with van der Waals surface area (Å²) in [4.78, 5) is 4.50. The molecule has 0 amide bonds. The van der Waals surface area contributed by atoms with E-state index in [4.69, 9.17) is 9.26 Å². The Balaban J connectivity index is 1.53. The van der Waals surface area contributed by atoms with Crippen molar-refractivity contribution < 1.29 is 9.26 Å². The molecule has 2 heterocycles. The SMILES string of the molecule is CCOc1ccccc1-c1noc(CSc2nnnn2-c2c(C)cccc2C)n1. The minimum atomic E-state index is 0.453. The molecule has 0 fully saturated rings. The van der Waals surface area contributed by atoms with Gasteiger partial charge in [0.05, 0.1) is 23.6 Å². The second-order valence-electron chi connectivity index (χ2n) is 6.34. The molecule has 0 aliphatic carbocycles. The van der Waals surface area contributed by atoms with Gasteiger partial charge in [-0.25, -0.2) is 0 Å². The Hall–Kier alpha value is -3.20. The number of nitrogens with zero attached hydrogens (tertiary/aromatic N) is 6. The fourth-order valence-corrected chi connectivity index (χ4v) is 3.75. The number of hydrogen-bond acceptors (Lipinski definition) is 8. The summed E-state index contributed by atoms with van der Waals surface area (Å²) in [6, 6.07) is 13.7. The van der Waals surface area contributed by atoms with E-state index in [0.717, 1.165) is 28.1 Å². The van der Waals surface area contributed by atoms with Gasteiger partial charge in [-0.3, -0.25) is 0 Å². The molecule has 4 aromatic rings. The van der Waals surface area contributed by atoms with Gasteiger partial charge >= 0.3 is 0 Å². The van der Waals surface area contributed by atoms with Crippen LogP contribution in [0.1, 0.15) is 23.9 Å². The molecule has 0 atom stereocenters. The van der Waals surface area contributed by atoms with E-state index in [9.17, 15) is 0 Å². The molecule has 2 aromatic heterocycles. The van der Waals surface area contributed by atoms with Gasteiger partial charge in [0.15, 0.2) is 0 Å². The predicted octanol–water partition coefficient (Wildman–Crippen LogP) is 4.02. The lowest BCUT2D eigenvalue weighted by molar-refractivity contribution is 0.341. The largest absolute Gasteiger partial charge is 0.493 e. The second kappa shape index (κ2) is 8.44. The average molecular weight is 408 g/mol. The van der Waals surface area contributed by atoms with Crippen molar-refractivity contribution in [3.8, 4) is 22.8 Å². The molecule has 0 aliphatic heterocycles. The molecule has 4 rings (SSSR count). The normalized spacial score (nSPS) is 11.0. The smallest absolute Gasteiger partial charge is 0.237 e. The Kier molecular flexibility index (Phi) is 5.57. The fourth-order valence-electron chi connectivity index (χ4n) is 3.03. The van der Waals surface area contributed by atoms with Crippen LogP contribution in [0.15, 0.2) is 52.1 Å². The van der Waals surface area contributed by atoms with Crippen LogP contribution < -0.4 is 4.74 Å². The first kappa shape index (κ1) is 19.1. The molecule has 0 unspecified atom stereocenters. The quantitative estimate of drug-likeness (QED) is 0.423. The Morgan fingerprint density at radius 2 is 1.86 bits per heavy atom. The molecule has 2 aromatic carbocycles. The first-order valence-electron chi connectivity index (χ1n) is 9.20. The minimum absolute atomic E-state index is 0.453. The van der Waals surface area contributed by atoms with Gasteiger partial charge < -0.3 is 9.26 Å². The van der Waals surface area contributed by atoms with Crippen molar-refractivity contribution >= 4 is 11.8 Å². The highest BCUT2D eigenvalue weighted by molar-refractivity contribution is 7.98. The molecule has 0 spiro atoms. The Labute approximate surface area is 172 Å². The molecule has 0 saturated carbocycles. The van der Waals surface area contributed by atoms with Gasteiger partial charge in [0.25, 0.3) is 0 Å². The number of para-hydroxylation sites is 2. The second-order valence-corrected chi connectivity index (χ2v) is 7.29. The summed E-state index contributed by atoms with van der Waals surface area (Å²) in [7, 11) is 0. The van der Waals surface area contributed by atoms with Crippen LogP contribution in [0.5, 0.6) is 5.75 Å². The maximum Gasteiger partial charge on any atom is 0.237 e. The highest BCUT2D eigenvalue weighted by atomic mass is 32.2. The van der Waals surface area contributed by atoms with Gasteiger partial charge in [0, 0.05) is 0 Å². The topological polar surface area (TPSA) is 91.8 Å². The summed E-state index contributed by atoms with van der Waals surface area (Å²) >= 11 is 1.44. The molecular weight excluding hydrogens is 388 g/mol. The molecule has 0 radical (unpaired) electrons. The maximum absolute atomic E-state index is 5.65. The van der Waals surface area contributed by atoms with Crippen molar-refractivity contribution in [2.45, 2.75) is 31.7 Å². The van der Waals surface area contributed by atoms with Crippen molar-refractivity contribution in [3.63, 3.8) is 0 Å². The van der Waals surface area contributed by atoms with Gasteiger partial charge in [-0.1, -0.05) is 47.3 Å². The molecule has 9 heteroatoms. The summed E-state index contributed by atoms with van der Waals surface area (Å²) in [6.07, 6.45) is 0. The van der Waals surface area contributed by atoms with Crippen LogP contribution in [0.2, 0.25) is 0 Å². The van der Waals surface area contributed by atoms with Gasteiger partial charge in [0.1, 0.15) is 5.75 Å². The number of tetrazole rings is 1. The van der Waals surface area contributed by atoms with Crippen LogP contribution in [0.3, 0.4) is 0 Å². The maximum atomic E-state index is 5.65. The number of benzene rings is 2. The third kappa shape index (κ3) is 4.00. The van der Waals surface area contributed by atoms with E-state index in [-0.39, 0.29) is 0 Å². The zero-order chi connectivity index (χ0) is 20.2. The molecule has 0 aliphatic rings. The first-order valence-corrected chi connectivity index (χ1v) is 10.2. The monoisotopic (exact) mass is 408 g/mol. The lowest BCUT2D eigenvalue weighted by Crippen LogP contribution is -2.04. The van der Waals surface area contributed by atoms with Crippen LogP contribution in [0.25, 0.3) is 17.1 Å². The zero-order valence-electron chi connectivity index (χ0n) is 16.4. The van der Waals surface area contributed by atoms with E-state index in [1.165, 1.54) is 11.8 Å². The molecule has 0 N–H and O–H groups in total. The molecule has 148 valence electrons. The zero-order valence-corrected chi connectivity index (χ0v) is 17.2. The van der Waals surface area contributed by atoms with E-state index in [1.54, 1.807) is 4.68 Å². The highest BCUT2D eigenvalue weighted by Gasteiger charge is 2.17. The number of thioether (sulfide) groups is 1. The number of ether oxygens (including phenoxy) is 1. The summed E-state index contributed by atoms with van der Waals surface area (Å²) in [5.41, 5.74) is 3.99. The molecule has 29 heavy (non-hydrogen) atoms. The molecule has 8 nitrogen and oxygen atoms in total.